The lowest BCUT2D eigenvalue weighted by Crippen LogP contribution is -1.83. The molecule has 0 aliphatic rings. The second-order valence-corrected chi connectivity index (χ2v) is 3.52. The molecule has 0 saturated heterocycles. The monoisotopic (exact) mass is 210 g/mol. The molecule has 0 aliphatic heterocycles. The fourth-order valence-electron chi connectivity index (χ4n) is 1.33. The first-order valence-corrected chi connectivity index (χ1v) is 5.77. The van der Waals surface area contributed by atoms with E-state index in [-0.39, 0.29) is 6.61 Å². The Morgan fingerprint density at radius 2 is 1.53 bits per heavy atom. The Labute approximate surface area is 93.0 Å². The van der Waals surface area contributed by atoms with Gasteiger partial charge in [0.05, 0.1) is 0 Å². The fourth-order valence-corrected chi connectivity index (χ4v) is 1.33. The average molecular weight is 210 g/mol. The number of hydrogen-bond acceptors (Lipinski definition) is 2. The summed E-state index contributed by atoms with van der Waals surface area (Å²) < 4.78 is 0. The van der Waals surface area contributed by atoms with Crippen molar-refractivity contribution in [3.8, 4) is 11.8 Å². The highest BCUT2D eigenvalue weighted by Gasteiger charge is 1.89. The van der Waals surface area contributed by atoms with Gasteiger partial charge in [-0.25, -0.2) is 0 Å². The van der Waals surface area contributed by atoms with Crippen LogP contribution in [0.15, 0.2) is 12.2 Å². The minimum Gasteiger partial charge on any atom is -0.396 e. The third-order valence-corrected chi connectivity index (χ3v) is 2.16. The van der Waals surface area contributed by atoms with Crippen LogP contribution in [0.3, 0.4) is 0 Å². The summed E-state index contributed by atoms with van der Waals surface area (Å²) in [6.45, 7) is 0.265. The summed E-state index contributed by atoms with van der Waals surface area (Å²) in [7, 11) is 0. The minimum absolute atomic E-state index is 0.0603. The Kier molecular flexibility index (Phi) is 12.5. The zero-order valence-electron chi connectivity index (χ0n) is 9.41. The van der Waals surface area contributed by atoms with Gasteiger partial charge in [-0.05, 0) is 25.3 Å². The Hall–Kier alpha value is -0.780. The van der Waals surface area contributed by atoms with Crippen LogP contribution in [0.4, 0.5) is 0 Å². The van der Waals surface area contributed by atoms with Gasteiger partial charge >= 0.3 is 0 Å². The lowest BCUT2D eigenvalue weighted by molar-refractivity contribution is 0.282. The third-order valence-electron chi connectivity index (χ3n) is 2.16. The van der Waals surface area contributed by atoms with Crippen LogP contribution in [-0.2, 0) is 0 Å². The standard InChI is InChI=1S/C13H22O2/c14-12-10-8-6-4-2-1-3-5-7-9-11-13-15/h4,6,14-15H,1-3,5,7,9,11-13H2. The molecule has 0 saturated carbocycles. The molecule has 0 aromatic heterocycles. The minimum atomic E-state index is -0.0603. The van der Waals surface area contributed by atoms with E-state index in [0.29, 0.717) is 6.61 Å². The fraction of sp³-hybridized carbons (Fsp3) is 0.692. The first-order chi connectivity index (χ1) is 7.41. The zero-order valence-corrected chi connectivity index (χ0v) is 9.41. The van der Waals surface area contributed by atoms with Crippen LogP contribution in [-0.4, -0.2) is 23.4 Å². The van der Waals surface area contributed by atoms with E-state index in [1.165, 1.54) is 25.7 Å². The summed E-state index contributed by atoms with van der Waals surface area (Å²) in [5.41, 5.74) is 0. The Balaban J connectivity index is 3.07. The average Bonchev–Trinajstić information content (AvgIpc) is 2.26. The molecule has 2 N–H and O–H groups in total. The van der Waals surface area contributed by atoms with Crippen LogP contribution < -0.4 is 0 Å². The normalized spacial score (nSPS) is 10.3. The summed E-state index contributed by atoms with van der Waals surface area (Å²) in [5.74, 6) is 5.31. The molecule has 0 aliphatic carbocycles. The molecule has 0 amide bonds. The number of rotatable bonds is 8. The van der Waals surface area contributed by atoms with Gasteiger partial charge in [0.25, 0.3) is 0 Å². The summed E-state index contributed by atoms with van der Waals surface area (Å²) in [6, 6.07) is 0. The van der Waals surface area contributed by atoms with E-state index < -0.39 is 0 Å². The SMILES string of the molecule is OCC#CC=CCCCCCCCCO. The number of aliphatic hydroxyl groups excluding tert-OH is 2. The number of unbranched alkanes of at least 4 members (excludes halogenated alkanes) is 6. The van der Waals surface area contributed by atoms with E-state index in [2.05, 4.69) is 17.9 Å². The summed E-state index contributed by atoms with van der Waals surface area (Å²) in [4.78, 5) is 0. The van der Waals surface area contributed by atoms with Gasteiger partial charge in [-0.1, -0.05) is 43.6 Å². The van der Waals surface area contributed by atoms with Crippen molar-refractivity contribution in [2.45, 2.75) is 44.9 Å². The van der Waals surface area contributed by atoms with E-state index in [9.17, 15) is 0 Å². The van der Waals surface area contributed by atoms with Gasteiger partial charge in [-0.3, -0.25) is 0 Å². The second-order valence-electron chi connectivity index (χ2n) is 3.52. The molecule has 0 radical (unpaired) electrons. The Bertz CT molecular complexity index is 198. The van der Waals surface area contributed by atoms with E-state index in [4.69, 9.17) is 10.2 Å². The predicted octanol–water partition coefficient (Wildman–Crippen LogP) is 2.26. The molecule has 15 heavy (non-hydrogen) atoms. The highest BCUT2D eigenvalue weighted by molar-refractivity contribution is 5.14. The molecule has 86 valence electrons. The predicted molar refractivity (Wildman–Crippen MR) is 63.4 cm³/mol. The lowest BCUT2D eigenvalue weighted by Gasteiger charge is -1.98. The molecule has 0 heterocycles. The number of allylic oxidation sites excluding steroid dienone is 2. The van der Waals surface area contributed by atoms with E-state index in [1.807, 2.05) is 6.08 Å². The van der Waals surface area contributed by atoms with Crippen molar-refractivity contribution >= 4 is 0 Å². The summed E-state index contributed by atoms with van der Waals surface area (Å²) in [5, 5.41) is 17.0. The molecule has 0 spiro atoms. The van der Waals surface area contributed by atoms with Crippen LogP contribution in [0, 0.1) is 11.8 Å². The van der Waals surface area contributed by atoms with E-state index >= 15 is 0 Å². The molecule has 2 nitrogen and oxygen atoms in total. The van der Waals surface area contributed by atoms with Gasteiger partial charge in [-0.2, -0.15) is 0 Å². The van der Waals surface area contributed by atoms with Crippen LogP contribution >= 0.6 is 0 Å². The lowest BCUT2D eigenvalue weighted by atomic mass is 10.1. The first-order valence-electron chi connectivity index (χ1n) is 5.77. The maximum absolute atomic E-state index is 8.57. The van der Waals surface area contributed by atoms with Gasteiger partial charge in [0.2, 0.25) is 0 Å². The topological polar surface area (TPSA) is 40.5 Å². The van der Waals surface area contributed by atoms with E-state index in [1.54, 1.807) is 0 Å². The highest BCUT2D eigenvalue weighted by atomic mass is 16.3. The number of hydrogen-bond donors (Lipinski definition) is 2. The smallest absolute Gasteiger partial charge is 0.104 e. The number of aliphatic hydroxyl groups is 2. The van der Waals surface area contributed by atoms with Gasteiger partial charge in [0.1, 0.15) is 6.61 Å². The van der Waals surface area contributed by atoms with Crippen molar-refractivity contribution in [3.05, 3.63) is 12.2 Å². The van der Waals surface area contributed by atoms with Crippen molar-refractivity contribution in [3.63, 3.8) is 0 Å². The Morgan fingerprint density at radius 1 is 0.867 bits per heavy atom. The van der Waals surface area contributed by atoms with Gasteiger partial charge < -0.3 is 10.2 Å². The maximum Gasteiger partial charge on any atom is 0.104 e. The molecule has 0 aromatic carbocycles. The first kappa shape index (κ1) is 14.2. The van der Waals surface area contributed by atoms with Crippen molar-refractivity contribution in [2.24, 2.45) is 0 Å². The Morgan fingerprint density at radius 3 is 2.20 bits per heavy atom. The van der Waals surface area contributed by atoms with Gasteiger partial charge in [-0.15, -0.1) is 0 Å². The van der Waals surface area contributed by atoms with Crippen molar-refractivity contribution < 1.29 is 10.2 Å². The van der Waals surface area contributed by atoms with Crippen LogP contribution in [0.25, 0.3) is 0 Å². The summed E-state index contributed by atoms with van der Waals surface area (Å²) >= 11 is 0. The van der Waals surface area contributed by atoms with Gasteiger partial charge in [0, 0.05) is 6.61 Å². The van der Waals surface area contributed by atoms with Crippen molar-refractivity contribution in [1.29, 1.82) is 0 Å². The van der Waals surface area contributed by atoms with Crippen LogP contribution in [0.1, 0.15) is 44.9 Å². The molecule has 0 atom stereocenters. The highest BCUT2D eigenvalue weighted by Crippen LogP contribution is 2.06. The molecule has 2 heteroatoms. The van der Waals surface area contributed by atoms with Crippen LogP contribution in [0.5, 0.6) is 0 Å². The third kappa shape index (κ3) is 13.2. The van der Waals surface area contributed by atoms with Crippen LogP contribution in [0.2, 0.25) is 0 Å². The van der Waals surface area contributed by atoms with Crippen molar-refractivity contribution in [2.75, 3.05) is 13.2 Å². The molecule has 0 aromatic rings. The summed E-state index contributed by atoms with van der Waals surface area (Å²) in [6.07, 6.45) is 12.0. The molecule has 0 rings (SSSR count). The largest absolute Gasteiger partial charge is 0.396 e. The van der Waals surface area contributed by atoms with Gasteiger partial charge in [0.15, 0.2) is 0 Å². The van der Waals surface area contributed by atoms with E-state index in [0.717, 1.165) is 19.3 Å². The molecular formula is C13H22O2. The van der Waals surface area contributed by atoms with Crippen molar-refractivity contribution in [1.82, 2.24) is 0 Å². The second kappa shape index (κ2) is 13.2. The zero-order chi connectivity index (χ0) is 11.2. The molecule has 0 fully saturated rings. The molecular weight excluding hydrogens is 188 g/mol. The molecule has 0 bridgehead atoms. The molecule has 0 unspecified atom stereocenters. The maximum atomic E-state index is 8.57. The quantitative estimate of drug-likeness (QED) is 0.476.